The van der Waals surface area contributed by atoms with Gasteiger partial charge in [-0.3, -0.25) is 0 Å². The summed E-state index contributed by atoms with van der Waals surface area (Å²) in [7, 11) is 0. The Balaban J connectivity index is 1.97. The van der Waals surface area contributed by atoms with Crippen molar-refractivity contribution in [2.45, 2.75) is 0 Å². The summed E-state index contributed by atoms with van der Waals surface area (Å²) in [5.41, 5.74) is 3.97. The number of thiophene rings is 1. The standard InChI is InChI=1S/C24H13NS/c1-2-7-15-14(6-1)16-9-5-10-18-22-17-8-3-4-11-21(17)26-24(22)20-13-12-19(15)25(20)23(16)18/h1-13H. The van der Waals surface area contributed by atoms with Gasteiger partial charge in [0, 0.05) is 31.6 Å². The van der Waals surface area contributed by atoms with Gasteiger partial charge < -0.3 is 4.40 Å². The van der Waals surface area contributed by atoms with Gasteiger partial charge in [-0.1, -0.05) is 60.7 Å². The van der Waals surface area contributed by atoms with E-state index in [9.17, 15) is 0 Å². The van der Waals surface area contributed by atoms with Crippen molar-refractivity contribution in [3.8, 4) is 0 Å². The number of aromatic nitrogens is 1. The number of hydrogen-bond acceptors (Lipinski definition) is 1. The van der Waals surface area contributed by atoms with Gasteiger partial charge in [-0.2, -0.15) is 0 Å². The first-order chi connectivity index (χ1) is 12.9. The highest BCUT2D eigenvalue weighted by molar-refractivity contribution is 7.26. The maximum absolute atomic E-state index is 2.48. The van der Waals surface area contributed by atoms with Crippen LogP contribution in [0.1, 0.15) is 0 Å². The third-order valence-electron chi connectivity index (χ3n) is 5.73. The van der Waals surface area contributed by atoms with E-state index in [-0.39, 0.29) is 0 Å². The highest BCUT2D eigenvalue weighted by atomic mass is 32.1. The largest absolute Gasteiger partial charge is 0.307 e. The molecule has 0 atom stereocenters. The van der Waals surface area contributed by atoms with E-state index in [4.69, 9.17) is 0 Å². The Labute approximate surface area is 153 Å². The Kier molecular flexibility index (Phi) is 2.20. The monoisotopic (exact) mass is 347 g/mol. The van der Waals surface area contributed by atoms with Crippen LogP contribution in [0.4, 0.5) is 0 Å². The third-order valence-corrected chi connectivity index (χ3v) is 6.92. The second-order valence-corrected chi connectivity index (χ2v) is 8.04. The van der Waals surface area contributed by atoms with E-state index in [1.807, 2.05) is 11.3 Å². The van der Waals surface area contributed by atoms with Crippen LogP contribution in [-0.2, 0) is 0 Å². The Hall–Kier alpha value is -3.10. The van der Waals surface area contributed by atoms with E-state index in [1.54, 1.807) is 0 Å². The minimum Gasteiger partial charge on any atom is -0.307 e. The zero-order chi connectivity index (χ0) is 16.8. The first kappa shape index (κ1) is 13.2. The van der Waals surface area contributed by atoms with Crippen molar-refractivity contribution in [3.05, 3.63) is 78.9 Å². The van der Waals surface area contributed by atoms with Crippen LogP contribution in [0, 0.1) is 0 Å². The number of hydrogen-bond donors (Lipinski definition) is 0. The van der Waals surface area contributed by atoms with Gasteiger partial charge in [0.05, 0.1) is 21.3 Å². The fourth-order valence-electron chi connectivity index (χ4n) is 4.70. The van der Waals surface area contributed by atoms with E-state index >= 15 is 0 Å². The molecule has 7 rings (SSSR count). The van der Waals surface area contributed by atoms with E-state index in [1.165, 1.54) is 58.3 Å². The lowest BCUT2D eigenvalue weighted by Gasteiger charge is -2.14. The van der Waals surface area contributed by atoms with Gasteiger partial charge in [-0.25, -0.2) is 0 Å². The van der Waals surface area contributed by atoms with Gasteiger partial charge in [-0.15, -0.1) is 11.3 Å². The number of nitrogens with zero attached hydrogens (tertiary/aromatic N) is 1. The van der Waals surface area contributed by atoms with E-state index in [0.29, 0.717) is 0 Å². The molecule has 0 spiro atoms. The molecule has 0 saturated carbocycles. The average Bonchev–Trinajstić information content (AvgIpc) is 3.30. The summed E-state index contributed by atoms with van der Waals surface area (Å²) >= 11 is 1.91. The quantitative estimate of drug-likeness (QED) is 0.202. The second-order valence-electron chi connectivity index (χ2n) is 6.99. The molecule has 120 valence electrons. The summed E-state index contributed by atoms with van der Waals surface area (Å²) in [5.74, 6) is 0. The highest BCUT2D eigenvalue weighted by Gasteiger charge is 2.19. The Morgan fingerprint density at radius 3 is 2.15 bits per heavy atom. The first-order valence-corrected chi connectivity index (χ1v) is 9.70. The summed E-state index contributed by atoms with van der Waals surface area (Å²) in [6.07, 6.45) is 0. The molecule has 7 aromatic rings. The average molecular weight is 347 g/mol. The fourth-order valence-corrected chi connectivity index (χ4v) is 5.94. The van der Waals surface area contributed by atoms with Crippen LogP contribution < -0.4 is 0 Å². The topological polar surface area (TPSA) is 4.41 Å². The predicted molar refractivity (Wildman–Crippen MR) is 114 cm³/mol. The normalized spacial score (nSPS) is 12.6. The molecule has 0 aliphatic carbocycles. The maximum Gasteiger partial charge on any atom is 0.0642 e. The summed E-state index contributed by atoms with van der Waals surface area (Å²) in [6.45, 7) is 0. The van der Waals surface area contributed by atoms with Gasteiger partial charge in [0.1, 0.15) is 0 Å². The van der Waals surface area contributed by atoms with Crippen LogP contribution in [0.3, 0.4) is 0 Å². The van der Waals surface area contributed by atoms with Gasteiger partial charge in [0.15, 0.2) is 0 Å². The number of benzene rings is 3. The smallest absolute Gasteiger partial charge is 0.0642 e. The van der Waals surface area contributed by atoms with Gasteiger partial charge in [-0.05, 0) is 23.6 Å². The van der Waals surface area contributed by atoms with E-state index in [0.717, 1.165) is 0 Å². The zero-order valence-corrected chi connectivity index (χ0v) is 14.7. The number of para-hydroxylation sites is 1. The Morgan fingerprint density at radius 2 is 1.23 bits per heavy atom. The minimum atomic E-state index is 1.30. The molecule has 0 unspecified atom stereocenters. The molecule has 4 aromatic heterocycles. The molecule has 0 amide bonds. The summed E-state index contributed by atoms with van der Waals surface area (Å²) in [4.78, 5) is 0. The van der Waals surface area contributed by atoms with E-state index < -0.39 is 0 Å². The molecule has 26 heavy (non-hydrogen) atoms. The fraction of sp³-hybridized carbons (Fsp3) is 0. The molecule has 0 saturated heterocycles. The van der Waals surface area contributed by atoms with Crippen LogP contribution in [0.25, 0.3) is 58.3 Å². The van der Waals surface area contributed by atoms with Crippen molar-refractivity contribution >= 4 is 69.6 Å². The molecule has 3 aromatic carbocycles. The molecular weight excluding hydrogens is 334 g/mol. The molecule has 1 nitrogen and oxygen atoms in total. The SMILES string of the molecule is c1ccc2c(c1)sc1c2c2cccc3c4ccccc4c4ccc1n4c32. The van der Waals surface area contributed by atoms with Crippen LogP contribution in [0.15, 0.2) is 78.9 Å². The maximum atomic E-state index is 2.48. The van der Waals surface area contributed by atoms with Crippen LogP contribution in [-0.4, -0.2) is 4.40 Å². The summed E-state index contributed by atoms with van der Waals surface area (Å²) in [5, 5.41) is 8.13. The van der Waals surface area contributed by atoms with Crippen LogP contribution in [0.2, 0.25) is 0 Å². The van der Waals surface area contributed by atoms with Crippen molar-refractivity contribution in [2.75, 3.05) is 0 Å². The zero-order valence-electron chi connectivity index (χ0n) is 13.9. The highest BCUT2D eigenvalue weighted by Crippen LogP contribution is 2.45. The Morgan fingerprint density at radius 1 is 0.538 bits per heavy atom. The molecule has 0 N–H and O–H groups in total. The van der Waals surface area contributed by atoms with Gasteiger partial charge in [0.25, 0.3) is 0 Å². The van der Waals surface area contributed by atoms with Crippen molar-refractivity contribution in [1.82, 2.24) is 4.40 Å². The molecule has 0 aliphatic heterocycles. The molecule has 2 heteroatoms. The summed E-state index contributed by atoms with van der Waals surface area (Å²) in [6, 6.07) is 28.9. The lowest BCUT2D eigenvalue weighted by molar-refractivity contribution is 1.37. The number of rotatable bonds is 0. The molecule has 0 fully saturated rings. The van der Waals surface area contributed by atoms with Crippen molar-refractivity contribution in [1.29, 1.82) is 0 Å². The molecule has 0 radical (unpaired) electrons. The lowest BCUT2D eigenvalue weighted by Crippen LogP contribution is -1.93. The minimum absolute atomic E-state index is 1.30. The molecule has 0 aliphatic rings. The molecular formula is C24H13NS. The van der Waals surface area contributed by atoms with Crippen LogP contribution >= 0.6 is 11.3 Å². The van der Waals surface area contributed by atoms with Crippen molar-refractivity contribution < 1.29 is 0 Å². The van der Waals surface area contributed by atoms with Gasteiger partial charge in [0.2, 0.25) is 0 Å². The van der Waals surface area contributed by atoms with Crippen LogP contribution in [0.5, 0.6) is 0 Å². The third kappa shape index (κ3) is 1.36. The molecule has 0 bridgehead atoms. The van der Waals surface area contributed by atoms with Crippen molar-refractivity contribution in [2.24, 2.45) is 0 Å². The van der Waals surface area contributed by atoms with E-state index in [2.05, 4.69) is 83.3 Å². The van der Waals surface area contributed by atoms with Crippen molar-refractivity contribution in [3.63, 3.8) is 0 Å². The van der Waals surface area contributed by atoms with Gasteiger partial charge >= 0.3 is 0 Å². The number of pyridine rings is 2. The second kappa shape index (κ2) is 4.35. The summed E-state index contributed by atoms with van der Waals surface area (Å²) < 4.78 is 5.23. The molecule has 4 heterocycles. The Bertz CT molecular complexity index is 1630. The number of fused-ring (bicyclic) bond motifs is 8. The first-order valence-electron chi connectivity index (χ1n) is 8.89. The lowest BCUT2D eigenvalue weighted by atomic mass is 10.00. The predicted octanol–water partition coefficient (Wildman–Crippen LogP) is 7.20.